The predicted molar refractivity (Wildman–Crippen MR) is 84.9 cm³/mol. The maximum atomic E-state index is 11.9. The molecule has 0 aromatic heterocycles. The first-order valence-electron chi connectivity index (χ1n) is 8.53. The minimum atomic E-state index is -0.267. The molecule has 4 rings (SSSR count). The van der Waals surface area contributed by atoms with Gasteiger partial charge in [0, 0.05) is 18.5 Å². The van der Waals surface area contributed by atoms with Gasteiger partial charge in [-0.1, -0.05) is 18.2 Å². The molecule has 118 valence electrons. The fraction of sp³-hybridized carbons (Fsp3) is 0.611. The van der Waals surface area contributed by atoms with Crippen LogP contribution < -0.4 is 10.5 Å². The number of carbonyl (C=O) groups excluding carboxylic acids is 1. The van der Waals surface area contributed by atoms with Gasteiger partial charge in [-0.25, -0.2) is 4.79 Å². The lowest BCUT2D eigenvalue weighted by atomic mass is 9.68. The number of likely N-dealkylation sites (tertiary alicyclic amines) is 1. The number of rotatable bonds is 1. The molecule has 1 aliphatic carbocycles. The van der Waals surface area contributed by atoms with Crippen molar-refractivity contribution in [1.29, 1.82) is 0 Å². The normalized spacial score (nSPS) is 29.4. The molecule has 1 spiro atoms. The molecule has 4 heteroatoms. The van der Waals surface area contributed by atoms with E-state index in [-0.39, 0.29) is 17.7 Å². The van der Waals surface area contributed by atoms with Gasteiger partial charge in [-0.3, -0.25) is 0 Å². The summed E-state index contributed by atoms with van der Waals surface area (Å²) in [5, 5.41) is 0. The number of hydrogen-bond donors (Lipinski definition) is 1. The van der Waals surface area contributed by atoms with Gasteiger partial charge in [0.1, 0.15) is 11.4 Å². The second kappa shape index (κ2) is 5.18. The molecule has 1 saturated heterocycles. The highest BCUT2D eigenvalue weighted by Gasteiger charge is 2.48. The Morgan fingerprint density at radius 3 is 2.77 bits per heavy atom. The van der Waals surface area contributed by atoms with Gasteiger partial charge in [0.25, 0.3) is 0 Å². The van der Waals surface area contributed by atoms with E-state index >= 15 is 0 Å². The van der Waals surface area contributed by atoms with Gasteiger partial charge >= 0.3 is 6.03 Å². The summed E-state index contributed by atoms with van der Waals surface area (Å²) in [7, 11) is 0. The van der Waals surface area contributed by atoms with E-state index in [0.717, 1.165) is 44.4 Å². The van der Waals surface area contributed by atoms with Crippen molar-refractivity contribution in [2.45, 2.75) is 62.5 Å². The number of para-hydroxylation sites is 1. The van der Waals surface area contributed by atoms with Crippen LogP contribution in [0.2, 0.25) is 0 Å². The van der Waals surface area contributed by atoms with E-state index in [1.807, 2.05) is 11.0 Å². The first-order valence-corrected chi connectivity index (χ1v) is 8.53. The van der Waals surface area contributed by atoms with Crippen molar-refractivity contribution < 1.29 is 9.53 Å². The molecule has 1 saturated carbocycles. The number of ether oxygens (including phenoxy) is 1. The molecule has 4 nitrogen and oxygen atoms in total. The lowest BCUT2D eigenvalue weighted by Gasteiger charge is -2.51. The number of benzene rings is 1. The van der Waals surface area contributed by atoms with Crippen molar-refractivity contribution in [3.05, 3.63) is 29.8 Å². The monoisotopic (exact) mass is 300 g/mol. The van der Waals surface area contributed by atoms with E-state index in [1.165, 1.54) is 18.4 Å². The molecular formula is C18H24N2O2. The summed E-state index contributed by atoms with van der Waals surface area (Å²) in [6, 6.07) is 8.33. The Kier molecular flexibility index (Phi) is 3.28. The predicted octanol–water partition coefficient (Wildman–Crippen LogP) is 3.41. The van der Waals surface area contributed by atoms with Crippen LogP contribution in [0.25, 0.3) is 0 Å². The summed E-state index contributed by atoms with van der Waals surface area (Å²) in [5.41, 5.74) is 6.93. The number of nitrogens with two attached hydrogens (primary N) is 1. The van der Waals surface area contributed by atoms with E-state index in [1.54, 1.807) is 0 Å². The van der Waals surface area contributed by atoms with Crippen LogP contribution >= 0.6 is 0 Å². The number of hydrogen-bond acceptors (Lipinski definition) is 2. The SMILES string of the molecule is NC(=O)N1CCCCC1C1CC2(CCC2)Oc2ccccc21. The molecule has 2 N–H and O–H groups in total. The zero-order chi connectivity index (χ0) is 15.2. The van der Waals surface area contributed by atoms with Gasteiger partial charge in [0.15, 0.2) is 0 Å². The summed E-state index contributed by atoms with van der Waals surface area (Å²) in [6.45, 7) is 0.798. The summed E-state index contributed by atoms with van der Waals surface area (Å²) in [5.74, 6) is 1.38. The first-order chi connectivity index (χ1) is 10.7. The summed E-state index contributed by atoms with van der Waals surface area (Å²) >= 11 is 0. The number of carbonyl (C=O) groups is 1. The van der Waals surface area contributed by atoms with E-state index < -0.39 is 0 Å². The molecule has 3 aliphatic rings. The van der Waals surface area contributed by atoms with Gasteiger partial charge in [0.05, 0.1) is 0 Å². The Hall–Kier alpha value is -1.71. The largest absolute Gasteiger partial charge is 0.487 e. The standard InChI is InChI=1S/C18H24N2O2/c19-17(21)20-11-4-3-7-15(20)14-12-18(9-5-10-18)22-16-8-2-1-6-13(14)16/h1-2,6,8,14-15H,3-5,7,9-12H2,(H2,19,21). The lowest BCUT2D eigenvalue weighted by Crippen LogP contribution is -2.54. The van der Waals surface area contributed by atoms with Gasteiger partial charge in [0.2, 0.25) is 0 Å². The maximum Gasteiger partial charge on any atom is 0.315 e. The third-order valence-electron chi connectivity index (χ3n) is 5.80. The minimum absolute atomic E-state index is 0.0137. The highest BCUT2D eigenvalue weighted by molar-refractivity contribution is 5.72. The van der Waals surface area contributed by atoms with Crippen LogP contribution in [-0.2, 0) is 0 Å². The molecule has 2 unspecified atom stereocenters. The average molecular weight is 300 g/mol. The fourth-order valence-corrected chi connectivity index (χ4v) is 4.54. The lowest BCUT2D eigenvalue weighted by molar-refractivity contribution is -0.0433. The number of fused-ring (bicyclic) bond motifs is 1. The van der Waals surface area contributed by atoms with Crippen LogP contribution in [0.5, 0.6) is 5.75 Å². The van der Waals surface area contributed by atoms with Crippen molar-refractivity contribution in [2.75, 3.05) is 6.54 Å². The molecule has 2 atom stereocenters. The topological polar surface area (TPSA) is 55.6 Å². The smallest absolute Gasteiger partial charge is 0.315 e. The minimum Gasteiger partial charge on any atom is -0.487 e. The molecule has 0 bridgehead atoms. The Balaban J connectivity index is 1.71. The molecule has 0 radical (unpaired) electrons. The van der Waals surface area contributed by atoms with Crippen LogP contribution in [0.15, 0.2) is 24.3 Å². The number of piperidine rings is 1. The van der Waals surface area contributed by atoms with Crippen molar-refractivity contribution in [2.24, 2.45) is 5.73 Å². The Bertz CT molecular complexity index is 582. The number of amides is 2. The molecule has 2 aliphatic heterocycles. The third kappa shape index (κ3) is 2.16. The Morgan fingerprint density at radius 1 is 1.23 bits per heavy atom. The van der Waals surface area contributed by atoms with Gasteiger partial charge in [-0.05, 0) is 56.6 Å². The van der Waals surface area contributed by atoms with E-state index in [4.69, 9.17) is 10.5 Å². The van der Waals surface area contributed by atoms with Crippen LogP contribution in [0, 0.1) is 0 Å². The van der Waals surface area contributed by atoms with Crippen molar-refractivity contribution in [3.8, 4) is 5.75 Å². The van der Waals surface area contributed by atoms with Crippen molar-refractivity contribution >= 4 is 6.03 Å². The molecule has 1 aromatic rings. The fourth-order valence-electron chi connectivity index (χ4n) is 4.54. The number of primary amides is 1. The highest BCUT2D eigenvalue weighted by Crippen LogP contribution is 2.52. The quantitative estimate of drug-likeness (QED) is 0.864. The molecule has 2 heterocycles. The zero-order valence-electron chi connectivity index (χ0n) is 13.0. The molecule has 2 amide bonds. The summed E-state index contributed by atoms with van der Waals surface area (Å²) in [4.78, 5) is 13.8. The Morgan fingerprint density at radius 2 is 2.05 bits per heavy atom. The van der Waals surface area contributed by atoms with Crippen LogP contribution in [0.3, 0.4) is 0 Å². The molecule has 2 fully saturated rings. The molecule has 1 aromatic carbocycles. The molecular weight excluding hydrogens is 276 g/mol. The zero-order valence-corrected chi connectivity index (χ0v) is 13.0. The summed E-state index contributed by atoms with van der Waals surface area (Å²) in [6.07, 6.45) is 7.86. The van der Waals surface area contributed by atoms with Gasteiger partial charge in [-0.15, -0.1) is 0 Å². The van der Waals surface area contributed by atoms with E-state index in [0.29, 0.717) is 5.92 Å². The third-order valence-corrected chi connectivity index (χ3v) is 5.80. The van der Waals surface area contributed by atoms with Crippen LogP contribution in [0.4, 0.5) is 4.79 Å². The number of nitrogens with zero attached hydrogens (tertiary/aromatic N) is 1. The van der Waals surface area contributed by atoms with Crippen molar-refractivity contribution in [3.63, 3.8) is 0 Å². The second-order valence-corrected chi connectivity index (χ2v) is 7.08. The Labute approximate surface area is 131 Å². The van der Waals surface area contributed by atoms with Gasteiger partial charge < -0.3 is 15.4 Å². The second-order valence-electron chi connectivity index (χ2n) is 7.08. The first kappa shape index (κ1) is 13.9. The van der Waals surface area contributed by atoms with Gasteiger partial charge in [-0.2, -0.15) is 0 Å². The average Bonchev–Trinajstić information content (AvgIpc) is 2.52. The van der Waals surface area contributed by atoms with E-state index in [2.05, 4.69) is 18.2 Å². The molecule has 22 heavy (non-hydrogen) atoms. The highest BCUT2D eigenvalue weighted by atomic mass is 16.5. The van der Waals surface area contributed by atoms with E-state index in [9.17, 15) is 4.79 Å². The summed E-state index contributed by atoms with van der Waals surface area (Å²) < 4.78 is 6.34. The van der Waals surface area contributed by atoms with Crippen LogP contribution in [-0.4, -0.2) is 29.1 Å². The van der Waals surface area contributed by atoms with Crippen LogP contribution in [0.1, 0.15) is 56.4 Å². The number of urea groups is 1. The maximum absolute atomic E-state index is 11.9. The van der Waals surface area contributed by atoms with Crippen molar-refractivity contribution in [1.82, 2.24) is 4.90 Å².